The fourth-order valence-corrected chi connectivity index (χ4v) is 3.77. The molecule has 3 rings (SSSR count). The van der Waals surface area contributed by atoms with Crippen LogP contribution < -0.4 is 5.32 Å². The molecule has 2 N–H and O–H groups in total. The Bertz CT molecular complexity index is 589. The van der Waals surface area contributed by atoms with Crippen molar-refractivity contribution in [3.05, 3.63) is 41.5 Å². The molecule has 2 aliphatic rings. The van der Waals surface area contributed by atoms with Crippen LogP contribution in [0, 0.1) is 5.92 Å². The molecule has 1 saturated heterocycles. The van der Waals surface area contributed by atoms with E-state index in [9.17, 15) is 5.11 Å². The van der Waals surface area contributed by atoms with E-state index in [2.05, 4.69) is 40.8 Å². The summed E-state index contributed by atoms with van der Waals surface area (Å²) >= 11 is 0. The lowest BCUT2D eigenvalue weighted by Crippen LogP contribution is -2.42. The van der Waals surface area contributed by atoms with Gasteiger partial charge < -0.3 is 15.3 Å². The molecule has 0 radical (unpaired) electrons. The minimum absolute atomic E-state index is 0.236. The van der Waals surface area contributed by atoms with Crippen molar-refractivity contribution in [2.75, 3.05) is 13.1 Å². The predicted octanol–water partition coefficient (Wildman–Crippen LogP) is 3.77. The zero-order valence-corrected chi connectivity index (χ0v) is 15.2. The maximum atomic E-state index is 10.2. The van der Waals surface area contributed by atoms with Crippen LogP contribution in [0.15, 0.2) is 41.1 Å². The lowest BCUT2D eigenvalue weighted by atomic mass is 9.91. The third kappa shape index (κ3) is 5.16. The summed E-state index contributed by atoms with van der Waals surface area (Å²) < 4.78 is 0. The molecular weight excluding hydrogens is 312 g/mol. The highest BCUT2D eigenvalue weighted by Crippen LogP contribution is 2.25. The molecule has 1 saturated carbocycles. The zero-order chi connectivity index (χ0) is 17.5. The molecule has 0 bridgehead atoms. The monoisotopic (exact) mass is 342 g/mol. The fraction of sp³-hybridized carbons (Fsp3) is 0.571. The van der Waals surface area contributed by atoms with Gasteiger partial charge in [-0.1, -0.05) is 35.5 Å². The number of benzene rings is 1. The highest BCUT2D eigenvalue weighted by Gasteiger charge is 2.29. The molecule has 4 nitrogen and oxygen atoms in total. The van der Waals surface area contributed by atoms with Gasteiger partial charge in [-0.15, -0.1) is 0 Å². The van der Waals surface area contributed by atoms with Crippen LogP contribution >= 0.6 is 0 Å². The van der Waals surface area contributed by atoms with Gasteiger partial charge in [0, 0.05) is 12.5 Å². The molecule has 25 heavy (non-hydrogen) atoms. The van der Waals surface area contributed by atoms with Crippen molar-refractivity contribution in [1.82, 2.24) is 5.32 Å². The van der Waals surface area contributed by atoms with E-state index in [-0.39, 0.29) is 6.10 Å². The first-order valence-corrected chi connectivity index (χ1v) is 9.61. The fourth-order valence-electron chi connectivity index (χ4n) is 3.77. The number of oxime groups is 1. The number of aliphatic hydroxyl groups is 1. The molecule has 0 spiro atoms. The first-order valence-electron chi connectivity index (χ1n) is 9.61. The van der Waals surface area contributed by atoms with E-state index in [1.807, 2.05) is 6.07 Å². The van der Waals surface area contributed by atoms with Crippen LogP contribution in [0.25, 0.3) is 6.08 Å². The van der Waals surface area contributed by atoms with Crippen LogP contribution in [-0.2, 0) is 4.84 Å². The number of nitrogens with one attached hydrogen (secondary N) is 1. The summed E-state index contributed by atoms with van der Waals surface area (Å²) in [4.78, 5) is 5.91. The number of aliphatic hydroxyl groups excluding tert-OH is 1. The van der Waals surface area contributed by atoms with Crippen LogP contribution in [0.5, 0.6) is 0 Å². The predicted molar refractivity (Wildman–Crippen MR) is 102 cm³/mol. The number of allylic oxidation sites excluding steroid dienone is 1. The van der Waals surface area contributed by atoms with Crippen LogP contribution in [0.2, 0.25) is 0 Å². The van der Waals surface area contributed by atoms with Crippen LogP contribution in [0.1, 0.15) is 51.0 Å². The van der Waals surface area contributed by atoms with E-state index >= 15 is 0 Å². The summed E-state index contributed by atoms with van der Waals surface area (Å²) in [6, 6.07) is 10.4. The van der Waals surface area contributed by atoms with Gasteiger partial charge in [0.15, 0.2) is 6.10 Å². The quantitative estimate of drug-likeness (QED) is 0.801. The van der Waals surface area contributed by atoms with Gasteiger partial charge in [-0.05, 0) is 69.2 Å². The molecule has 1 heterocycles. The van der Waals surface area contributed by atoms with E-state index in [1.54, 1.807) is 6.92 Å². The van der Waals surface area contributed by atoms with Gasteiger partial charge in [0.25, 0.3) is 0 Å². The molecule has 0 aromatic heterocycles. The lowest BCUT2D eigenvalue weighted by molar-refractivity contribution is -0.0648. The zero-order valence-electron chi connectivity index (χ0n) is 15.2. The molecule has 3 atom stereocenters. The molecule has 136 valence electrons. The largest absolute Gasteiger partial charge is 0.389 e. The number of nitrogens with zero attached hydrogens (tertiary/aromatic N) is 1. The molecule has 4 heteroatoms. The molecule has 1 aromatic rings. The van der Waals surface area contributed by atoms with E-state index in [1.165, 1.54) is 17.6 Å². The molecule has 1 aromatic carbocycles. The van der Waals surface area contributed by atoms with E-state index < -0.39 is 6.10 Å². The van der Waals surface area contributed by atoms with E-state index in [4.69, 9.17) is 4.84 Å². The molecular formula is C21H30N2O2. The van der Waals surface area contributed by atoms with E-state index in [0.29, 0.717) is 5.92 Å². The average molecular weight is 342 g/mol. The lowest BCUT2D eigenvalue weighted by Gasteiger charge is -2.31. The topological polar surface area (TPSA) is 53.9 Å². The Kier molecular flexibility index (Phi) is 6.65. The summed E-state index contributed by atoms with van der Waals surface area (Å²) in [5.41, 5.74) is 3.52. The van der Waals surface area contributed by atoms with Crippen molar-refractivity contribution in [2.24, 2.45) is 11.1 Å². The first kappa shape index (κ1) is 18.2. The Labute approximate surface area is 151 Å². The van der Waals surface area contributed by atoms with Crippen molar-refractivity contribution in [2.45, 2.75) is 57.7 Å². The molecule has 1 aliphatic carbocycles. The Morgan fingerprint density at radius 3 is 2.72 bits per heavy atom. The third-order valence-corrected chi connectivity index (χ3v) is 5.18. The number of piperidine rings is 1. The Hall–Kier alpha value is -1.65. The summed E-state index contributed by atoms with van der Waals surface area (Å²) in [7, 11) is 0. The molecule has 1 unspecified atom stereocenters. The number of hydrogen-bond acceptors (Lipinski definition) is 4. The van der Waals surface area contributed by atoms with Gasteiger partial charge in [-0.25, -0.2) is 0 Å². The van der Waals surface area contributed by atoms with Gasteiger partial charge in [-0.3, -0.25) is 0 Å². The molecule has 1 aliphatic heterocycles. The van der Waals surface area contributed by atoms with Crippen molar-refractivity contribution in [1.29, 1.82) is 0 Å². The second kappa shape index (κ2) is 9.16. The minimum Gasteiger partial charge on any atom is -0.389 e. The summed E-state index contributed by atoms with van der Waals surface area (Å²) in [5.74, 6) is 0.322. The molecule has 2 fully saturated rings. The van der Waals surface area contributed by atoms with Gasteiger partial charge in [0.2, 0.25) is 0 Å². The Morgan fingerprint density at radius 1 is 1.20 bits per heavy atom. The summed E-state index contributed by atoms with van der Waals surface area (Å²) in [5, 5.41) is 18.1. The number of hydrogen-bond donors (Lipinski definition) is 2. The van der Waals surface area contributed by atoms with Gasteiger partial charge in [-0.2, -0.15) is 0 Å². The van der Waals surface area contributed by atoms with Gasteiger partial charge in [0.1, 0.15) is 0 Å². The smallest absolute Gasteiger partial charge is 0.157 e. The maximum Gasteiger partial charge on any atom is 0.157 e. The summed E-state index contributed by atoms with van der Waals surface area (Å²) in [6.07, 6.45) is 8.03. The molecule has 0 amide bonds. The second-order valence-corrected chi connectivity index (χ2v) is 7.24. The highest BCUT2D eigenvalue weighted by molar-refractivity contribution is 6.03. The van der Waals surface area contributed by atoms with Gasteiger partial charge in [0.05, 0.1) is 11.8 Å². The Morgan fingerprint density at radius 2 is 2.00 bits per heavy atom. The van der Waals surface area contributed by atoms with Crippen molar-refractivity contribution in [3.63, 3.8) is 0 Å². The van der Waals surface area contributed by atoms with Crippen LogP contribution in [-0.4, -0.2) is 36.1 Å². The summed E-state index contributed by atoms with van der Waals surface area (Å²) in [6.45, 7) is 3.76. The average Bonchev–Trinajstić information content (AvgIpc) is 2.65. The van der Waals surface area contributed by atoms with Crippen LogP contribution in [0.4, 0.5) is 0 Å². The van der Waals surface area contributed by atoms with Crippen molar-refractivity contribution < 1.29 is 9.94 Å². The van der Waals surface area contributed by atoms with Crippen LogP contribution in [0.3, 0.4) is 0 Å². The SMILES string of the molecule is C[C@@H](O)[C@@H](O/N=C1\CCCC\C1=C/c1ccccc1)C1CCCNC1. The third-order valence-electron chi connectivity index (χ3n) is 5.18. The standard InChI is InChI=1S/C21H30N2O2/c1-16(24)21(19-11-7-13-22-15-19)25-23-20-12-6-5-10-18(20)14-17-8-3-2-4-9-17/h2-4,8-9,14,16,19,21-22,24H,5-7,10-13,15H2,1H3/b18-14+,23-20+/t16-,19?,21-/m1/s1. The minimum atomic E-state index is -0.514. The Balaban J connectivity index is 1.73. The second-order valence-electron chi connectivity index (χ2n) is 7.24. The van der Waals surface area contributed by atoms with Crippen molar-refractivity contribution >= 4 is 11.8 Å². The normalized spacial score (nSPS) is 27.2. The van der Waals surface area contributed by atoms with Crippen molar-refractivity contribution in [3.8, 4) is 0 Å². The van der Waals surface area contributed by atoms with Gasteiger partial charge >= 0.3 is 0 Å². The maximum absolute atomic E-state index is 10.2. The van der Waals surface area contributed by atoms with E-state index in [0.717, 1.165) is 50.9 Å². The number of rotatable bonds is 5. The first-order chi connectivity index (χ1) is 12.2. The highest BCUT2D eigenvalue weighted by atomic mass is 16.6.